The number of H-pyrrole nitrogens is 1. The van der Waals surface area contributed by atoms with E-state index in [0.717, 1.165) is 12.0 Å². The predicted octanol–water partition coefficient (Wildman–Crippen LogP) is 0.294. The second-order valence-corrected chi connectivity index (χ2v) is 6.31. The molecule has 2 rings (SSSR count). The topological polar surface area (TPSA) is 101 Å². The van der Waals surface area contributed by atoms with Crippen LogP contribution in [0.4, 0.5) is 0 Å². The second kappa shape index (κ2) is 7.11. The molecule has 1 aromatic heterocycles. The van der Waals surface area contributed by atoms with E-state index in [1.807, 2.05) is 30.3 Å². The molecule has 0 unspecified atom stereocenters. The molecule has 0 aliphatic rings. The summed E-state index contributed by atoms with van der Waals surface area (Å²) in [5.41, 5.74) is 1.15. The van der Waals surface area contributed by atoms with Crippen molar-refractivity contribution in [2.75, 3.05) is 12.3 Å². The van der Waals surface area contributed by atoms with Crippen LogP contribution in [-0.4, -0.2) is 41.3 Å². The van der Waals surface area contributed by atoms with Gasteiger partial charge in [-0.1, -0.05) is 35.5 Å². The van der Waals surface area contributed by atoms with Crippen LogP contribution in [0.15, 0.2) is 30.3 Å². The number of nitrogens with zero attached hydrogens (tertiary/aromatic N) is 3. The maximum atomic E-state index is 11.8. The van der Waals surface area contributed by atoms with Crippen molar-refractivity contribution in [3.05, 3.63) is 41.7 Å². The van der Waals surface area contributed by atoms with Crippen LogP contribution in [0.2, 0.25) is 0 Å². The van der Waals surface area contributed by atoms with E-state index in [9.17, 15) is 8.42 Å². The summed E-state index contributed by atoms with van der Waals surface area (Å²) in [6.45, 7) is 0.285. The Balaban J connectivity index is 1.68. The van der Waals surface area contributed by atoms with Crippen molar-refractivity contribution in [3.8, 4) is 0 Å². The van der Waals surface area contributed by atoms with Gasteiger partial charge in [0.05, 0.1) is 5.75 Å². The van der Waals surface area contributed by atoms with Crippen LogP contribution in [0.3, 0.4) is 0 Å². The van der Waals surface area contributed by atoms with Gasteiger partial charge in [0.2, 0.25) is 10.0 Å². The summed E-state index contributed by atoms with van der Waals surface area (Å²) < 4.78 is 26.1. The highest BCUT2D eigenvalue weighted by Crippen LogP contribution is 2.03. The van der Waals surface area contributed by atoms with Crippen LogP contribution < -0.4 is 4.72 Å². The van der Waals surface area contributed by atoms with Crippen molar-refractivity contribution in [2.24, 2.45) is 0 Å². The van der Waals surface area contributed by atoms with Crippen LogP contribution in [0.25, 0.3) is 0 Å². The van der Waals surface area contributed by atoms with Crippen LogP contribution in [-0.2, 0) is 22.9 Å². The Morgan fingerprint density at radius 2 is 1.95 bits per heavy atom. The van der Waals surface area contributed by atoms with Gasteiger partial charge in [0.25, 0.3) is 0 Å². The zero-order valence-corrected chi connectivity index (χ0v) is 11.8. The van der Waals surface area contributed by atoms with Gasteiger partial charge >= 0.3 is 0 Å². The minimum atomic E-state index is -3.24. The molecule has 1 heterocycles. The fourth-order valence-electron chi connectivity index (χ4n) is 1.79. The van der Waals surface area contributed by atoms with Crippen molar-refractivity contribution in [1.29, 1.82) is 0 Å². The minimum absolute atomic E-state index is 0.119. The lowest BCUT2D eigenvalue weighted by molar-refractivity contribution is 0.578. The van der Waals surface area contributed by atoms with Crippen LogP contribution in [0, 0.1) is 0 Å². The average molecular weight is 295 g/mol. The molecule has 8 heteroatoms. The molecule has 0 radical (unpaired) electrons. The third-order valence-corrected chi connectivity index (χ3v) is 4.25. The molecule has 108 valence electrons. The highest BCUT2D eigenvalue weighted by molar-refractivity contribution is 7.89. The summed E-state index contributed by atoms with van der Waals surface area (Å²) in [7, 11) is -3.24. The van der Waals surface area contributed by atoms with E-state index >= 15 is 0 Å². The Morgan fingerprint density at radius 3 is 2.65 bits per heavy atom. The van der Waals surface area contributed by atoms with E-state index in [4.69, 9.17) is 0 Å². The predicted molar refractivity (Wildman–Crippen MR) is 74.4 cm³/mol. The number of aromatic amines is 1. The Kier molecular flexibility index (Phi) is 5.19. The van der Waals surface area contributed by atoms with Gasteiger partial charge in [0, 0.05) is 13.0 Å². The lowest BCUT2D eigenvalue weighted by atomic mass is 10.1. The molecule has 0 fully saturated rings. The molecular weight excluding hydrogens is 278 g/mol. The molecule has 0 bridgehead atoms. The maximum absolute atomic E-state index is 11.8. The van der Waals surface area contributed by atoms with E-state index in [0.29, 0.717) is 18.7 Å². The van der Waals surface area contributed by atoms with Gasteiger partial charge in [-0.15, -0.1) is 10.2 Å². The van der Waals surface area contributed by atoms with Gasteiger partial charge in [-0.05, 0) is 18.4 Å². The monoisotopic (exact) mass is 295 g/mol. The molecule has 0 aliphatic carbocycles. The zero-order chi connectivity index (χ0) is 14.3. The Hall–Kier alpha value is -1.80. The molecule has 0 aliphatic heterocycles. The number of hydrogen-bond acceptors (Lipinski definition) is 5. The van der Waals surface area contributed by atoms with Crippen LogP contribution in [0.1, 0.15) is 17.8 Å². The van der Waals surface area contributed by atoms with E-state index in [1.165, 1.54) is 0 Å². The number of sulfonamides is 1. The standard InChI is InChI=1S/C12H17N5O2S/c18-20(19,13-9-8-12-14-16-17-15-12)10-4-7-11-5-2-1-3-6-11/h1-3,5-6,13H,4,7-10H2,(H,14,15,16,17). The van der Waals surface area contributed by atoms with Gasteiger partial charge in [0.1, 0.15) is 0 Å². The first kappa shape index (κ1) is 14.6. The van der Waals surface area contributed by atoms with Crippen molar-refractivity contribution >= 4 is 10.0 Å². The van der Waals surface area contributed by atoms with Gasteiger partial charge in [-0.2, -0.15) is 5.21 Å². The van der Waals surface area contributed by atoms with Crippen molar-refractivity contribution in [3.63, 3.8) is 0 Å². The first-order chi connectivity index (χ1) is 9.66. The fourth-order valence-corrected chi connectivity index (χ4v) is 2.87. The smallest absolute Gasteiger partial charge is 0.211 e. The van der Waals surface area contributed by atoms with E-state index < -0.39 is 10.0 Å². The largest absolute Gasteiger partial charge is 0.215 e. The summed E-state index contributed by atoms with van der Waals surface area (Å²) in [6.07, 6.45) is 1.78. The third-order valence-electron chi connectivity index (χ3n) is 2.78. The quantitative estimate of drug-likeness (QED) is 0.729. The zero-order valence-electron chi connectivity index (χ0n) is 11.0. The van der Waals surface area contributed by atoms with Crippen LogP contribution >= 0.6 is 0 Å². The number of benzene rings is 1. The normalized spacial score (nSPS) is 11.6. The van der Waals surface area contributed by atoms with Gasteiger partial charge in [0.15, 0.2) is 5.82 Å². The highest BCUT2D eigenvalue weighted by atomic mass is 32.2. The van der Waals surface area contributed by atoms with Crippen LogP contribution in [0.5, 0.6) is 0 Å². The number of tetrazole rings is 1. The highest BCUT2D eigenvalue weighted by Gasteiger charge is 2.10. The molecule has 2 N–H and O–H groups in total. The first-order valence-electron chi connectivity index (χ1n) is 6.39. The maximum Gasteiger partial charge on any atom is 0.211 e. The summed E-state index contributed by atoms with van der Waals surface area (Å²) in [5, 5.41) is 13.2. The molecule has 0 amide bonds. The Bertz CT molecular complexity index is 598. The van der Waals surface area contributed by atoms with Crippen molar-refractivity contribution < 1.29 is 8.42 Å². The molecule has 2 aromatic rings. The van der Waals surface area contributed by atoms with Gasteiger partial charge in [-0.25, -0.2) is 13.1 Å². The van der Waals surface area contributed by atoms with Crippen molar-refractivity contribution in [2.45, 2.75) is 19.3 Å². The average Bonchev–Trinajstić information content (AvgIpc) is 2.93. The summed E-state index contributed by atoms with van der Waals surface area (Å²) >= 11 is 0. The Labute approximate surface area is 117 Å². The molecular formula is C12H17N5O2S. The molecule has 0 atom stereocenters. The number of aromatic nitrogens is 4. The summed E-state index contributed by atoms with van der Waals surface area (Å²) in [6, 6.07) is 9.84. The van der Waals surface area contributed by atoms with E-state index in [1.54, 1.807) is 0 Å². The molecule has 7 nitrogen and oxygen atoms in total. The van der Waals surface area contributed by atoms with Gasteiger partial charge < -0.3 is 0 Å². The fraction of sp³-hybridized carbons (Fsp3) is 0.417. The number of aryl methyl sites for hydroxylation is 1. The molecule has 20 heavy (non-hydrogen) atoms. The van der Waals surface area contributed by atoms with E-state index in [-0.39, 0.29) is 12.3 Å². The molecule has 1 aromatic carbocycles. The van der Waals surface area contributed by atoms with Gasteiger partial charge in [-0.3, -0.25) is 0 Å². The molecule has 0 saturated heterocycles. The number of rotatable bonds is 8. The first-order valence-corrected chi connectivity index (χ1v) is 8.04. The third kappa shape index (κ3) is 5.06. The summed E-state index contributed by atoms with van der Waals surface area (Å²) in [4.78, 5) is 0. The van der Waals surface area contributed by atoms with E-state index in [2.05, 4.69) is 25.3 Å². The molecule has 0 spiro atoms. The lowest BCUT2D eigenvalue weighted by Crippen LogP contribution is -2.28. The van der Waals surface area contributed by atoms with Crippen molar-refractivity contribution in [1.82, 2.24) is 25.3 Å². The SMILES string of the molecule is O=S(=O)(CCCc1ccccc1)NCCc1nn[nH]n1. The number of nitrogens with one attached hydrogen (secondary N) is 2. The molecule has 0 saturated carbocycles. The Morgan fingerprint density at radius 1 is 1.15 bits per heavy atom. The number of hydrogen-bond donors (Lipinski definition) is 2. The second-order valence-electron chi connectivity index (χ2n) is 4.38. The minimum Gasteiger partial charge on any atom is -0.215 e. The summed E-state index contributed by atoms with van der Waals surface area (Å²) in [5.74, 6) is 0.616. The lowest BCUT2D eigenvalue weighted by Gasteiger charge is -2.05.